The van der Waals surface area contributed by atoms with E-state index in [4.69, 9.17) is 4.74 Å². The Hall–Kier alpha value is -5.63. The van der Waals surface area contributed by atoms with Gasteiger partial charge in [-0.15, -0.1) is 0 Å². The van der Waals surface area contributed by atoms with E-state index >= 15 is 0 Å². The van der Waals surface area contributed by atoms with Gasteiger partial charge in [-0.25, -0.2) is 0 Å². The molecular weight excluding hydrogens is 537 g/mol. The average molecular weight is 566 g/mol. The predicted molar refractivity (Wildman–Crippen MR) is 179 cm³/mol. The zero-order chi connectivity index (χ0) is 29.4. The van der Waals surface area contributed by atoms with Crippen LogP contribution in [0.5, 0.6) is 23.0 Å². The molecule has 0 aliphatic rings. The van der Waals surface area contributed by atoms with Crippen molar-refractivity contribution < 1.29 is 14.9 Å². The van der Waals surface area contributed by atoms with E-state index in [1.54, 1.807) is 24.3 Å². The van der Waals surface area contributed by atoms with Crippen LogP contribution >= 0.6 is 0 Å². The van der Waals surface area contributed by atoms with Gasteiger partial charge in [0.1, 0.15) is 11.5 Å². The minimum Gasteiger partial charge on any atom is -0.870 e. The Morgan fingerprint density at radius 1 is 0.364 bits per heavy atom. The molecule has 0 aliphatic heterocycles. The van der Waals surface area contributed by atoms with Crippen molar-refractivity contribution in [2.75, 3.05) is 0 Å². The van der Waals surface area contributed by atoms with E-state index in [2.05, 4.69) is 48.6 Å². The summed E-state index contributed by atoms with van der Waals surface area (Å²) < 4.78 is 5.94. The van der Waals surface area contributed by atoms with Gasteiger partial charge in [-0.1, -0.05) is 169 Å². The van der Waals surface area contributed by atoms with Crippen LogP contribution in [-0.2, 0) is 0 Å². The van der Waals surface area contributed by atoms with Crippen LogP contribution in [0.15, 0.2) is 146 Å². The molecule has 0 heterocycles. The quantitative estimate of drug-likeness (QED) is 0.137. The van der Waals surface area contributed by atoms with Gasteiger partial charge < -0.3 is 14.9 Å². The van der Waals surface area contributed by atoms with Gasteiger partial charge in [0, 0.05) is 0 Å². The van der Waals surface area contributed by atoms with Gasteiger partial charge in [-0.05, 0) is 56.6 Å². The van der Waals surface area contributed by atoms with Gasteiger partial charge in [-0.3, -0.25) is 0 Å². The van der Waals surface area contributed by atoms with Crippen LogP contribution in [0, 0.1) is 0 Å². The fourth-order valence-corrected chi connectivity index (χ4v) is 4.74. The van der Waals surface area contributed by atoms with E-state index in [1.165, 1.54) is 12.1 Å². The Morgan fingerprint density at radius 2 is 0.682 bits per heavy atom. The first-order valence-corrected chi connectivity index (χ1v) is 14.1. The molecule has 0 amide bonds. The Kier molecular flexibility index (Phi) is 9.51. The summed E-state index contributed by atoms with van der Waals surface area (Å²) in [4.78, 5) is 0. The average Bonchev–Trinajstić information content (AvgIpc) is 3.06. The smallest absolute Gasteiger partial charge is 0.870 e. The fourth-order valence-electron chi connectivity index (χ4n) is 4.74. The van der Waals surface area contributed by atoms with E-state index in [9.17, 15) is 10.2 Å². The van der Waals surface area contributed by atoms with Gasteiger partial charge in [0.05, 0.1) is 0 Å². The third kappa shape index (κ3) is 7.41. The van der Waals surface area contributed by atoms with Crippen molar-refractivity contribution in [3.8, 4) is 45.3 Å². The molecule has 0 spiro atoms. The third-order valence-corrected chi connectivity index (χ3v) is 7.13. The van der Waals surface area contributed by atoms with Gasteiger partial charge in [0.25, 0.3) is 0 Å². The predicted octanol–water partition coefficient (Wildman–Crippen LogP) is 8.92. The molecule has 0 atom stereocenters. The molecule has 6 aromatic carbocycles. The maximum atomic E-state index is 12.7. The maximum absolute atomic E-state index is 12.7. The molecule has 0 fully saturated rings. The van der Waals surface area contributed by atoms with Crippen molar-refractivity contribution in [2.45, 2.75) is 0 Å². The molecular formula is C40H28BeO3. The second-order valence-corrected chi connectivity index (χ2v) is 10.2. The third-order valence-electron chi connectivity index (χ3n) is 7.13. The molecule has 0 N–H and O–H groups in total. The van der Waals surface area contributed by atoms with Crippen molar-refractivity contribution in [1.82, 2.24) is 0 Å². The van der Waals surface area contributed by atoms with Gasteiger partial charge >= 0.3 is 10.1 Å². The van der Waals surface area contributed by atoms with Crippen molar-refractivity contribution >= 4 is 34.4 Å². The summed E-state index contributed by atoms with van der Waals surface area (Å²) in [5.74, 6) is -0.349. The molecule has 0 saturated heterocycles. The van der Waals surface area contributed by atoms with Gasteiger partial charge in [0.15, 0.2) is 0 Å². The number of hydrogen-bond acceptors (Lipinski definition) is 3. The Morgan fingerprint density at radius 3 is 1.05 bits per heavy atom. The molecule has 4 heteroatoms. The molecule has 0 aromatic heterocycles. The first-order chi connectivity index (χ1) is 21.1. The number of hydrogen-bond donors (Lipinski definition) is 0. The molecule has 0 unspecified atom stereocenters. The zero-order valence-electron chi connectivity index (χ0n) is 24.1. The molecule has 44 heavy (non-hydrogen) atoms. The molecule has 6 rings (SSSR count). The van der Waals surface area contributed by atoms with Crippen LogP contribution in [0.1, 0.15) is 22.3 Å². The maximum Gasteiger partial charge on any atom is 2.00 e. The Labute approximate surface area is 261 Å². The standard InChI is InChI=1S/C40H30O3.Be/c41-37-25-23-35(33-19-15-31(16-20-33)13-11-29-7-3-1-4-8-29)27-39(37)43-40-28-36(24-26-38(40)42)34-21-17-32(18-22-34)14-12-30-9-5-2-6-10-30;/h1-28,41-42H;/q;+2/p-2/b13-11+,14-12+;. The van der Waals surface area contributed by atoms with E-state index in [0.29, 0.717) is 0 Å². The zero-order valence-corrected chi connectivity index (χ0v) is 24.1. The summed E-state index contributed by atoms with van der Waals surface area (Å²) in [5, 5.41) is 25.4. The van der Waals surface area contributed by atoms with Crippen molar-refractivity contribution in [1.29, 1.82) is 0 Å². The molecule has 6 aromatic rings. The summed E-state index contributed by atoms with van der Waals surface area (Å²) in [6.45, 7) is 0. The normalized spacial score (nSPS) is 11.0. The molecule has 0 bridgehead atoms. The van der Waals surface area contributed by atoms with Crippen molar-refractivity contribution in [2.24, 2.45) is 0 Å². The summed E-state index contributed by atoms with van der Waals surface area (Å²) in [6, 6.07) is 46.3. The summed E-state index contributed by atoms with van der Waals surface area (Å²) in [7, 11) is 0. The summed E-state index contributed by atoms with van der Waals surface area (Å²) in [5.41, 5.74) is 7.95. The van der Waals surface area contributed by atoms with Crippen LogP contribution < -0.4 is 14.9 Å². The van der Waals surface area contributed by atoms with Gasteiger partial charge in [0.2, 0.25) is 0 Å². The van der Waals surface area contributed by atoms with Crippen LogP contribution in [-0.4, -0.2) is 10.1 Å². The van der Waals surface area contributed by atoms with Crippen LogP contribution in [0.4, 0.5) is 0 Å². The Balaban J connectivity index is 0.00000384. The van der Waals surface area contributed by atoms with E-state index in [1.807, 2.05) is 84.9 Å². The van der Waals surface area contributed by atoms with Crippen LogP contribution in [0.2, 0.25) is 0 Å². The topological polar surface area (TPSA) is 55.3 Å². The number of ether oxygens (including phenoxy) is 1. The minimum atomic E-state index is -0.287. The fraction of sp³-hybridized carbons (Fsp3) is 0. The molecule has 0 saturated carbocycles. The van der Waals surface area contributed by atoms with Crippen LogP contribution in [0.3, 0.4) is 0 Å². The van der Waals surface area contributed by atoms with Gasteiger partial charge in [-0.2, -0.15) is 0 Å². The first-order valence-electron chi connectivity index (χ1n) is 14.1. The summed E-state index contributed by atoms with van der Waals surface area (Å²) >= 11 is 0. The number of rotatable bonds is 8. The van der Waals surface area contributed by atoms with E-state index in [0.717, 1.165) is 44.5 Å². The molecule has 0 radical (unpaired) electrons. The van der Waals surface area contributed by atoms with E-state index < -0.39 is 0 Å². The SMILES string of the molecule is [Be+2].[O-]c1ccc(-c2ccc(/C=C/c3ccccc3)cc2)cc1Oc1cc(-c2ccc(/C=C/c3ccccc3)cc2)ccc1[O-]. The first kappa shape index (κ1) is 29.8. The van der Waals surface area contributed by atoms with Crippen molar-refractivity contribution in [3.05, 3.63) is 168 Å². The molecule has 0 aliphatic carbocycles. The molecule has 208 valence electrons. The molecule has 3 nitrogen and oxygen atoms in total. The minimum absolute atomic E-state index is 0. The number of benzene rings is 6. The second-order valence-electron chi connectivity index (χ2n) is 10.2. The van der Waals surface area contributed by atoms with Crippen LogP contribution in [0.25, 0.3) is 46.6 Å². The van der Waals surface area contributed by atoms with E-state index in [-0.39, 0.29) is 33.1 Å². The largest absolute Gasteiger partial charge is 2.00 e. The van der Waals surface area contributed by atoms with Crippen molar-refractivity contribution in [3.63, 3.8) is 0 Å². The summed E-state index contributed by atoms with van der Waals surface area (Å²) in [6.07, 6.45) is 8.26. The Bertz CT molecular complexity index is 1740. The monoisotopic (exact) mass is 565 g/mol. The second kappa shape index (κ2) is 14.0.